The van der Waals surface area contributed by atoms with Gasteiger partial charge in [0.1, 0.15) is 6.04 Å². The van der Waals surface area contributed by atoms with E-state index in [1.165, 1.54) is 31.3 Å². The molecule has 0 aliphatic carbocycles. The van der Waals surface area contributed by atoms with Crippen molar-refractivity contribution < 1.29 is 28.0 Å². The van der Waals surface area contributed by atoms with Crippen molar-refractivity contribution in [2.75, 3.05) is 7.05 Å². The minimum absolute atomic E-state index is 0.0259. The summed E-state index contributed by atoms with van der Waals surface area (Å²) in [4.78, 5) is 51.9. The van der Waals surface area contributed by atoms with Crippen LogP contribution < -0.4 is 10.6 Å². The topological polar surface area (TPSA) is 95.6 Å². The number of nitrogens with one attached hydrogen (secondary N) is 2. The highest BCUT2D eigenvalue weighted by atomic mass is 19.2. The van der Waals surface area contributed by atoms with Crippen LogP contribution in [0.1, 0.15) is 48.2 Å². The smallest absolute Gasteiger partial charge is 0.261 e. The number of carbonyl (C=O) groups is 4. The number of hydrogen-bond donors (Lipinski definition) is 2. The summed E-state index contributed by atoms with van der Waals surface area (Å²) in [5.74, 6) is -4.65. The van der Waals surface area contributed by atoms with Gasteiger partial charge in [-0.1, -0.05) is 36.4 Å². The van der Waals surface area contributed by atoms with Crippen molar-refractivity contribution in [1.82, 2.24) is 15.5 Å². The third kappa shape index (κ3) is 4.27. The molecule has 2 N–H and O–H groups in total. The second-order valence-corrected chi connectivity index (χ2v) is 7.64. The summed E-state index contributed by atoms with van der Waals surface area (Å²) < 4.78 is 27.0. The molecule has 34 heavy (non-hydrogen) atoms. The molecule has 4 rings (SSSR count). The summed E-state index contributed by atoms with van der Waals surface area (Å²) in [6.07, 6.45) is 0. The molecule has 9 heteroatoms. The molecule has 1 unspecified atom stereocenters. The van der Waals surface area contributed by atoms with Gasteiger partial charge in [0.15, 0.2) is 11.6 Å². The highest BCUT2D eigenvalue weighted by Gasteiger charge is 2.36. The SMILES string of the molecule is CNC(=O)C(NC(=O)c1ccc2c(c1)C(=O)N(Cc1ccccc1)C2=O)c1ccc(F)c(F)c1. The minimum Gasteiger partial charge on any atom is -0.357 e. The van der Waals surface area contributed by atoms with E-state index >= 15 is 0 Å². The maximum Gasteiger partial charge on any atom is 0.261 e. The first kappa shape index (κ1) is 22.8. The maximum absolute atomic E-state index is 13.7. The van der Waals surface area contributed by atoms with Crippen LogP contribution in [0, 0.1) is 11.6 Å². The lowest BCUT2D eigenvalue weighted by Crippen LogP contribution is -2.39. The van der Waals surface area contributed by atoms with Gasteiger partial charge in [0.25, 0.3) is 17.7 Å². The fourth-order valence-corrected chi connectivity index (χ4v) is 3.69. The standard InChI is InChI=1S/C25H19F2N3O4/c1-28-23(32)21(15-8-10-19(26)20(27)12-15)29-22(31)16-7-9-17-18(11-16)25(34)30(24(17)33)13-14-5-3-2-4-6-14/h2-12,21H,13H2,1H3,(H,28,32)(H,29,31). The van der Waals surface area contributed by atoms with Crippen LogP contribution in [0.4, 0.5) is 8.78 Å². The Hall–Kier alpha value is -4.40. The Morgan fingerprint density at radius 1 is 0.882 bits per heavy atom. The van der Waals surface area contributed by atoms with E-state index < -0.39 is 41.3 Å². The van der Waals surface area contributed by atoms with Gasteiger partial charge in [0.2, 0.25) is 5.91 Å². The molecule has 1 aliphatic rings. The molecule has 0 aromatic heterocycles. The van der Waals surface area contributed by atoms with E-state index in [9.17, 15) is 28.0 Å². The van der Waals surface area contributed by atoms with Gasteiger partial charge in [-0.25, -0.2) is 8.78 Å². The normalized spacial score (nSPS) is 13.4. The number of hydrogen-bond acceptors (Lipinski definition) is 4. The van der Waals surface area contributed by atoms with Crippen molar-refractivity contribution in [3.8, 4) is 0 Å². The number of rotatable bonds is 6. The van der Waals surface area contributed by atoms with Crippen LogP contribution in [-0.2, 0) is 11.3 Å². The summed E-state index contributed by atoms with van der Waals surface area (Å²) in [6, 6.07) is 14.6. The zero-order valence-electron chi connectivity index (χ0n) is 18.0. The van der Waals surface area contributed by atoms with Crippen molar-refractivity contribution in [1.29, 1.82) is 0 Å². The van der Waals surface area contributed by atoms with Gasteiger partial charge >= 0.3 is 0 Å². The molecular formula is C25H19F2N3O4. The van der Waals surface area contributed by atoms with Gasteiger partial charge < -0.3 is 10.6 Å². The predicted octanol–water partition coefficient (Wildman–Crippen LogP) is 2.98. The van der Waals surface area contributed by atoms with Gasteiger partial charge in [-0.15, -0.1) is 0 Å². The van der Waals surface area contributed by atoms with E-state index in [0.717, 1.165) is 22.6 Å². The second kappa shape index (κ2) is 9.22. The van der Waals surface area contributed by atoms with Crippen molar-refractivity contribution in [2.24, 2.45) is 0 Å². The van der Waals surface area contributed by atoms with Gasteiger partial charge in [0, 0.05) is 12.6 Å². The average Bonchev–Trinajstić information content (AvgIpc) is 3.08. The third-order valence-corrected chi connectivity index (χ3v) is 5.48. The van der Waals surface area contributed by atoms with Crippen LogP contribution in [0.3, 0.4) is 0 Å². The quantitative estimate of drug-likeness (QED) is 0.550. The lowest BCUT2D eigenvalue weighted by Gasteiger charge is -2.18. The summed E-state index contributed by atoms with van der Waals surface area (Å²) in [5.41, 5.74) is 1.07. The summed E-state index contributed by atoms with van der Waals surface area (Å²) in [7, 11) is 1.34. The molecule has 172 valence electrons. The van der Waals surface area contributed by atoms with E-state index in [-0.39, 0.29) is 28.8 Å². The summed E-state index contributed by atoms with van der Waals surface area (Å²) in [6.45, 7) is 0.0869. The molecule has 0 saturated carbocycles. The van der Waals surface area contributed by atoms with Crippen LogP contribution in [0.5, 0.6) is 0 Å². The number of benzene rings is 3. The molecule has 0 spiro atoms. The average molecular weight is 463 g/mol. The maximum atomic E-state index is 13.7. The van der Waals surface area contributed by atoms with E-state index in [1.807, 2.05) is 6.07 Å². The van der Waals surface area contributed by atoms with Crippen LogP contribution in [0.2, 0.25) is 0 Å². The fraction of sp³-hybridized carbons (Fsp3) is 0.120. The summed E-state index contributed by atoms with van der Waals surface area (Å²) >= 11 is 0. The third-order valence-electron chi connectivity index (χ3n) is 5.48. The lowest BCUT2D eigenvalue weighted by molar-refractivity contribution is -0.122. The fourth-order valence-electron chi connectivity index (χ4n) is 3.69. The Labute approximate surface area is 193 Å². The molecule has 1 atom stereocenters. The van der Waals surface area contributed by atoms with Crippen LogP contribution in [-0.4, -0.2) is 35.6 Å². The molecule has 1 aliphatic heterocycles. The first-order valence-electron chi connectivity index (χ1n) is 10.3. The Morgan fingerprint density at radius 3 is 2.26 bits per heavy atom. The van der Waals surface area contributed by atoms with Gasteiger partial charge in [0.05, 0.1) is 17.7 Å². The zero-order valence-corrected chi connectivity index (χ0v) is 18.0. The number of likely N-dealkylation sites (N-methyl/N-ethyl adjacent to an activating group) is 1. The number of imide groups is 1. The Kier molecular flexibility index (Phi) is 6.18. The van der Waals surface area contributed by atoms with Gasteiger partial charge in [-0.05, 0) is 41.5 Å². The van der Waals surface area contributed by atoms with Gasteiger partial charge in [-0.3, -0.25) is 24.1 Å². The molecule has 0 saturated heterocycles. The predicted molar refractivity (Wildman–Crippen MR) is 118 cm³/mol. The van der Waals surface area contributed by atoms with E-state index in [4.69, 9.17) is 0 Å². The Balaban J connectivity index is 1.58. The minimum atomic E-state index is -1.31. The number of fused-ring (bicyclic) bond motifs is 1. The molecule has 0 radical (unpaired) electrons. The van der Waals surface area contributed by atoms with Gasteiger partial charge in [-0.2, -0.15) is 0 Å². The van der Waals surface area contributed by atoms with Crippen LogP contribution in [0.15, 0.2) is 66.7 Å². The number of carbonyl (C=O) groups excluding carboxylic acids is 4. The Morgan fingerprint density at radius 2 is 1.59 bits per heavy atom. The van der Waals surface area contributed by atoms with E-state index in [1.54, 1.807) is 24.3 Å². The number of nitrogens with zero attached hydrogens (tertiary/aromatic N) is 1. The first-order chi connectivity index (χ1) is 16.3. The molecule has 1 heterocycles. The Bertz CT molecular complexity index is 1310. The van der Waals surface area contributed by atoms with Crippen molar-refractivity contribution in [3.63, 3.8) is 0 Å². The lowest BCUT2D eigenvalue weighted by atomic mass is 10.0. The molecule has 3 aromatic rings. The number of halogens is 2. The van der Waals surface area contributed by atoms with E-state index in [0.29, 0.717) is 0 Å². The summed E-state index contributed by atoms with van der Waals surface area (Å²) in [5, 5.41) is 4.83. The highest BCUT2D eigenvalue weighted by Crippen LogP contribution is 2.26. The molecule has 3 aromatic carbocycles. The van der Waals surface area contributed by atoms with Crippen molar-refractivity contribution >= 4 is 23.6 Å². The molecule has 4 amide bonds. The highest BCUT2D eigenvalue weighted by molar-refractivity contribution is 6.22. The molecule has 7 nitrogen and oxygen atoms in total. The van der Waals surface area contributed by atoms with Crippen LogP contribution >= 0.6 is 0 Å². The number of amides is 4. The van der Waals surface area contributed by atoms with Crippen molar-refractivity contribution in [2.45, 2.75) is 12.6 Å². The molecular weight excluding hydrogens is 444 g/mol. The second-order valence-electron chi connectivity index (χ2n) is 7.64. The first-order valence-corrected chi connectivity index (χ1v) is 10.3. The largest absolute Gasteiger partial charge is 0.357 e. The van der Waals surface area contributed by atoms with Crippen LogP contribution in [0.25, 0.3) is 0 Å². The molecule has 0 bridgehead atoms. The zero-order chi connectivity index (χ0) is 24.4. The monoisotopic (exact) mass is 463 g/mol. The van der Waals surface area contributed by atoms with Crippen molar-refractivity contribution in [3.05, 3.63) is 106 Å². The van der Waals surface area contributed by atoms with E-state index in [2.05, 4.69) is 10.6 Å². The molecule has 0 fully saturated rings.